The molecular weight excluding hydrogens is 350 g/mol. The summed E-state index contributed by atoms with van der Waals surface area (Å²) in [4.78, 5) is 23.5. The van der Waals surface area contributed by atoms with Crippen molar-refractivity contribution in [1.82, 2.24) is 20.4 Å². The number of hydrogen-bond donors (Lipinski definition) is 2. The maximum absolute atomic E-state index is 11.9. The molecule has 26 heavy (non-hydrogen) atoms. The van der Waals surface area contributed by atoms with Crippen molar-refractivity contribution >= 4 is 34.9 Å². The van der Waals surface area contributed by atoms with Crippen LogP contribution < -0.4 is 5.43 Å². The molecule has 4 aromatic rings. The van der Waals surface area contributed by atoms with Crippen molar-refractivity contribution in [2.75, 3.05) is 0 Å². The summed E-state index contributed by atoms with van der Waals surface area (Å²) in [5, 5.41) is 5.31. The average Bonchev–Trinajstić information content (AvgIpc) is 3.28. The first-order valence-corrected chi connectivity index (χ1v) is 8.55. The van der Waals surface area contributed by atoms with Gasteiger partial charge in [-0.25, -0.2) is 10.4 Å². The Balaban J connectivity index is 1.39. The number of carbonyl (C=O) groups is 1. The number of nitrogens with zero attached hydrogens (tertiary/aromatic N) is 3. The number of aromatic amines is 1. The van der Waals surface area contributed by atoms with E-state index in [1.54, 1.807) is 24.4 Å². The number of nitrogens with one attached hydrogen (secondary N) is 2. The second-order valence-electron chi connectivity index (χ2n) is 5.26. The van der Waals surface area contributed by atoms with Crippen LogP contribution in [0, 0.1) is 0 Å². The number of hydrazone groups is 1. The summed E-state index contributed by atoms with van der Waals surface area (Å²) in [6.45, 7) is 0. The highest BCUT2D eigenvalue weighted by atomic mass is 32.2. The minimum atomic E-state index is -0.335. The van der Waals surface area contributed by atoms with Crippen LogP contribution in [0.5, 0.6) is 0 Å². The number of para-hydroxylation sites is 2. The number of hydrogen-bond acceptors (Lipinski definition) is 6. The maximum atomic E-state index is 11.9. The number of imidazole rings is 1. The molecule has 3 heterocycles. The number of benzene rings is 1. The quantitative estimate of drug-likeness (QED) is 0.418. The van der Waals surface area contributed by atoms with Crippen molar-refractivity contribution in [3.8, 4) is 0 Å². The molecule has 0 radical (unpaired) electrons. The molecule has 0 saturated carbocycles. The molecule has 1 amide bonds. The molecular formula is C18H13N5O2S. The maximum Gasteiger partial charge on any atom is 0.272 e. The van der Waals surface area contributed by atoms with Crippen LogP contribution in [-0.2, 0) is 0 Å². The standard InChI is InChI=1S/C18H13N5O2S/c24-17(12-4-3-9-19-10-12)23-20-11-13-7-8-16(25-13)26-18-21-14-5-1-2-6-15(14)22-18/h1-11H,(H,21,22)(H,23,24). The molecule has 0 aliphatic heterocycles. The van der Waals surface area contributed by atoms with Gasteiger partial charge in [0.2, 0.25) is 0 Å². The van der Waals surface area contributed by atoms with Gasteiger partial charge in [0.15, 0.2) is 10.2 Å². The summed E-state index contributed by atoms with van der Waals surface area (Å²) in [5.74, 6) is 0.188. The molecule has 128 valence electrons. The molecule has 3 aromatic heterocycles. The van der Waals surface area contributed by atoms with Crippen LogP contribution in [-0.4, -0.2) is 27.1 Å². The molecule has 0 aliphatic carbocycles. The van der Waals surface area contributed by atoms with E-state index in [1.165, 1.54) is 24.2 Å². The lowest BCUT2D eigenvalue weighted by Crippen LogP contribution is -2.17. The van der Waals surface area contributed by atoms with Crippen LogP contribution in [0.3, 0.4) is 0 Å². The zero-order valence-corrected chi connectivity index (χ0v) is 14.2. The predicted octanol–water partition coefficient (Wildman–Crippen LogP) is 3.47. The van der Waals surface area contributed by atoms with Crippen molar-refractivity contribution in [3.05, 3.63) is 72.2 Å². The minimum Gasteiger partial charge on any atom is -0.448 e. The number of fused-ring (bicyclic) bond motifs is 1. The summed E-state index contributed by atoms with van der Waals surface area (Å²) in [7, 11) is 0. The number of pyridine rings is 1. The van der Waals surface area contributed by atoms with E-state index in [1.807, 2.05) is 30.3 Å². The van der Waals surface area contributed by atoms with Crippen molar-refractivity contribution in [1.29, 1.82) is 0 Å². The van der Waals surface area contributed by atoms with E-state index in [2.05, 4.69) is 25.5 Å². The van der Waals surface area contributed by atoms with Crippen LogP contribution in [0.1, 0.15) is 16.1 Å². The van der Waals surface area contributed by atoms with E-state index in [0.29, 0.717) is 16.4 Å². The summed E-state index contributed by atoms with van der Waals surface area (Å²) in [6.07, 6.45) is 4.51. The topological polar surface area (TPSA) is 96.2 Å². The molecule has 0 fully saturated rings. The number of H-pyrrole nitrogens is 1. The second-order valence-corrected chi connectivity index (χ2v) is 6.25. The van der Waals surface area contributed by atoms with E-state index in [9.17, 15) is 4.79 Å². The molecule has 0 atom stereocenters. The van der Waals surface area contributed by atoms with E-state index in [4.69, 9.17) is 4.42 Å². The third kappa shape index (κ3) is 3.65. The van der Waals surface area contributed by atoms with Gasteiger partial charge in [-0.3, -0.25) is 9.78 Å². The van der Waals surface area contributed by atoms with Gasteiger partial charge >= 0.3 is 0 Å². The summed E-state index contributed by atoms with van der Waals surface area (Å²) >= 11 is 1.38. The zero-order chi connectivity index (χ0) is 17.8. The molecule has 0 saturated heterocycles. The first kappa shape index (κ1) is 16.1. The molecule has 0 unspecified atom stereocenters. The number of aromatic nitrogens is 3. The minimum absolute atomic E-state index is 0.335. The highest BCUT2D eigenvalue weighted by Crippen LogP contribution is 2.28. The molecule has 7 nitrogen and oxygen atoms in total. The van der Waals surface area contributed by atoms with Gasteiger partial charge in [0.05, 0.1) is 22.8 Å². The van der Waals surface area contributed by atoms with Gasteiger partial charge in [-0.1, -0.05) is 12.1 Å². The van der Waals surface area contributed by atoms with Crippen LogP contribution in [0.4, 0.5) is 0 Å². The molecule has 1 aromatic carbocycles. The normalized spacial score (nSPS) is 11.2. The van der Waals surface area contributed by atoms with Gasteiger partial charge in [-0.2, -0.15) is 5.10 Å². The van der Waals surface area contributed by atoms with Crippen LogP contribution in [0.15, 0.2) is 80.7 Å². The third-order valence-electron chi connectivity index (χ3n) is 3.45. The molecule has 0 aliphatic rings. The fraction of sp³-hybridized carbons (Fsp3) is 0. The van der Waals surface area contributed by atoms with E-state index >= 15 is 0 Å². The van der Waals surface area contributed by atoms with Gasteiger partial charge < -0.3 is 9.40 Å². The Hall–Kier alpha value is -3.39. The molecule has 8 heteroatoms. The van der Waals surface area contributed by atoms with Gasteiger partial charge in [-0.05, 0) is 48.2 Å². The van der Waals surface area contributed by atoms with Crippen molar-refractivity contribution < 1.29 is 9.21 Å². The van der Waals surface area contributed by atoms with Gasteiger partial charge in [0.25, 0.3) is 5.91 Å². The van der Waals surface area contributed by atoms with Gasteiger partial charge in [0.1, 0.15) is 5.76 Å². The van der Waals surface area contributed by atoms with Crippen LogP contribution in [0.2, 0.25) is 0 Å². The van der Waals surface area contributed by atoms with E-state index in [0.717, 1.165) is 16.2 Å². The van der Waals surface area contributed by atoms with Crippen molar-refractivity contribution in [2.45, 2.75) is 10.2 Å². The van der Waals surface area contributed by atoms with Crippen molar-refractivity contribution in [2.24, 2.45) is 5.10 Å². The first-order chi connectivity index (χ1) is 12.8. The molecule has 0 bridgehead atoms. The summed E-state index contributed by atoms with van der Waals surface area (Å²) in [5.41, 5.74) is 4.74. The van der Waals surface area contributed by atoms with Crippen molar-refractivity contribution in [3.63, 3.8) is 0 Å². The summed E-state index contributed by atoms with van der Waals surface area (Å²) < 4.78 is 5.66. The Morgan fingerprint density at radius 1 is 1.19 bits per heavy atom. The SMILES string of the molecule is O=C(NN=Cc1ccc(Sc2nc3ccccc3[nH]2)o1)c1cccnc1. The Kier molecular flexibility index (Phi) is 4.48. The smallest absolute Gasteiger partial charge is 0.272 e. The lowest BCUT2D eigenvalue weighted by molar-refractivity contribution is 0.0954. The largest absolute Gasteiger partial charge is 0.448 e. The Morgan fingerprint density at radius 2 is 2.12 bits per heavy atom. The van der Waals surface area contributed by atoms with Gasteiger partial charge in [0, 0.05) is 12.4 Å². The number of furan rings is 1. The molecule has 4 rings (SSSR count). The van der Waals surface area contributed by atoms with E-state index in [-0.39, 0.29) is 5.91 Å². The fourth-order valence-corrected chi connectivity index (χ4v) is 3.02. The Morgan fingerprint density at radius 3 is 2.96 bits per heavy atom. The number of rotatable bonds is 5. The Labute approximate surface area is 152 Å². The van der Waals surface area contributed by atoms with E-state index < -0.39 is 0 Å². The number of amides is 1. The fourth-order valence-electron chi connectivity index (χ4n) is 2.25. The molecule has 2 N–H and O–H groups in total. The zero-order valence-electron chi connectivity index (χ0n) is 13.4. The highest BCUT2D eigenvalue weighted by Gasteiger charge is 2.08. The second kappa shape index (κ2) is 7.24. The summed E-state index contributed by atoms with van der Waals surface area (Å²) in [6, 6.07) is 14.8. The monoisotopic (exact) mass is 363 g/mol. The van der Waals surface area contributed by atoms with Gasteiger partial charge in [-0.15, -0.1) is 0 Å². The Bertz CT molecular complexity index is 1040. The highest BCUT2D eigenvalue weighted by molar-refractivity contribution is 7.99. The predicted molar refractivity (Wildman–Crippen MR) is 98.2 cm³/mol. The van der Waals surface area contributed by atoms with Crippen LogP contribution in [0.25, 0.3) is 11.0 Å². The number of carbonyl (C=O) groups excluding carboxylic acids is 1. The average molecular weight is 363 g/mol. The van der Waals surface area contributed by atoms with Crippen LogP contribution >= 0.6 is 11.8 Å². The molecule has 0 spiro atoms. The third-order valence-corrected chi connectivity index (χ3v) is 4.26. The first-order valence-electron chi connectivity index (χ1n) is 7.74. The lowest BCUT2D eigenvalue weighted by Gasteiger charge is -1.97. The lowest BCUT2D eigenvalue weighted by atomic mass is 10.3.